The molecule has 31 heavy (non-hydrogen) atoms. The average molecular weight is 414 g/mol. The van der Waals surface area contributed by atoms with Crippen molar-refractivity contribution >= 4 is 33.3 Å². The molecule has 0 saturated heterocycles. The summed E-state index contributed by atoms with van der Waals surface area (Å²) in [6.07, 6.45) is 3.97. The maximum Gasteiger partial charge on any atom is 0.229 e. The Morgan fingerprint density at radius 1 is 1.00 bits per heavy atom. The van der Waals surface area contributed by atoms with Gasteiger partial charge in [-0.05, 0) is 60.7 Å². The van der Waals surface area contributed by atoms with Gasteiger partial charge in [-0.15, -0.1) is 0 Å². The molecule has 158 valence electrons. The normalized spacial score (nSPS) is 19.0. The lowest BCUT2D eigenvalue weighted by molar-refractivity contribution is -0.123. The minimum atomic E-state index is 0.0661. The second kappa shape index (κ2) is 8.16. The van der Waals surface area contributed by atoms with Crippen molar-refractivity contribution in [2.45, 2.75) is 31.8 Å². The second-order valence-corrected chi connectivity index (χ2v) is 8.47. The number of methoxy groups -OCH3 is 1. The number of fused-ring (bicyclic) bond motifs is 2. The van der Waals surface area contributed by atoms with E-state index in [1.54, 1.807) is 12.0 Å². The number of aromatic nitrogens is 2. The number of H-pyrrole nitrogens is 1. The van der Waals surface area contributed by atoms with Gasteiger partial charge >= 0.3 is 0 Å². The van der Waals surface area contributed by atoms with Crippen LogP contribution in [0.2, 0.25) is 0 Å². The summed E-state index contributed by atoms with van der Waals surface area (Å²) >= 11 is 0. The maximum absolute atomic E-state index is 13.1. The minimum Gasteiger partial charge on any atom is -0.381 e. The van der Waals surface area contributed by atoms with Crippen molar-refractivity contribution < 1.29 is 9.53 Å². The molecular weight excluding hydrogens is 386 g/mol. The molecule has 1 aromatic heterocycles. The highest BCUT2D eigenvalue weighted by Crippen LogP contribution is 2.33. The molecule has 5 rings (SSSR count). The topological polar surface area (TPSA) is 58.2 Å². The second-order valence-electron chi connectivity index (χ2n) is 8.47. The highest BCUT2D eigenvalue weighted by molar-refractivity contribution is 6.01. The van der Waals surface area contributed by atoms with Gasteiger partial charge in [-0.25, -0.2) is 0 Å². The van der Waals surface area contributed by atoms with Crippen molar-refractivity contribution in [1.82, 2.24) is 10.2 Å². The Labute approximate surface area is 182 Å². The molecule has 1 fully saturated rings. The molecule has 5 heteroatoms. The van der Waals surface area contributed by atoms with Gasteiger partial charge in [0, 0.05) is 36.7 Å². The Kier molecular flexibility index (Phi) is 5.20. The van der Waals surface area contributed by atoms with Crippen LogP contribution in [0.5, 0.6) is 0 Å². The number of nitrogens with one attached hydrogen (secondary N) is 1. The molecule has 4 aromatic rings. The zero-order valence-electron chi connectivity index (χ0n) is 18.0. The first kappa shape index (κ1) is 19.8. The highest BCUT2D eigenvalue weighted by atomic mass is 16.5. The fourth-order valence-electron chi connectivity index (χ4n) is 4.71. The third-order valence-corrected chi connectivity index (χ3v) is 6.64. The molecule has 0 radical (unpaired) electrons. The van der Waals surface area contributed by atoms with E-state index in [9.17, 15) is 4.79 Å². The Morgan fingerprint density at radius 3 is 2.55 bits per heavy atom. The van der Waals surface area contributed by atoms with E-state index in [1.165, 1.54) is 10.8 Å². The van der Waals surface area contributed by atoms with E-state index in [-0.39, 0.29) is 11.8 Å². The predicted molar refractivity (Wildman–Crippen MR) is 125 cm³/mol. The van der Waals surface area contributed by atoms with Crippen LogP contribution >= 0.6 is 0 Å². The largest absolute Gasteiger partial charge is 0.381 e. The SMILES string of the molecule is COC1CCC(C(=O)N(C)c2ccc3[nH]nc(-c4ccc5ccccc5c4)c3c2)CC1. The fourth-order valence-corrected chi connectivity index (χ4v) is 4.71. The number of amides is 1. The van der Waals surface area contributed by atoms with Crippen LogP contribution in [0.4, 0.5) is 5.69 Å². The quantitative estimate of drug-likeness (QED) is 0.477. The van der Waals surface area contributed by atoms with Gasteiger partial charge in [0.25, 0.3) is 0 Å². The van der Waals surface area contributed by atoms with E-state index < -0.39 is 0 Å². The van der Waals surface area contributed by atoms with Crippen molar-refractivity contribution in [3.05, 3.63) is 60.7 Å². The zero-order chi connectivity index (χ0) is 21.4. The number of aromatic amines is 1. The molecule has 0 atom stereocenters. The number of carbonyl (C=O) groups is 1. The van der Waals surface area contributed by atoms with Crippen molar-refractivity contribution in [3.8, 4) is 11.3 Å². The van der Waals surface area contributed by atoms with Gasteiger partial charge < -0.3 is 9.64 Å². The highest BCUT2D eigenvalue weighted by Gasteiger charge is 2.29. The number of carbonyl (C=O) groups excluding carboxylic acids is 1. The number of nitrogens with zero attached hydrogens (tertiary/aromatic N) is 2. The van der Waals surface area contributed by atoms with Crippen molar-refractivity contribution in [1.29, 1.82) is 0 Å². The van der Waals surface area contributed by atoms with Gasteiger partial charge in [0.1, 0.15) is 0 Å². The molecular formula is C26H27N3O2. The van der Waals surface area contributed by atoms with Crippen LogP contribution in [0.3, 0.4) is 0 Å². The van der Waals surface area contributed by atoms with Crippen LogP contribution < -0.4 is 4.90 Å². The zero-order valence-corrected chi connectivity index (χ0v) is 18.0. The number of ether oxygens (including phenoxy) is 1. The van der Waals surface area contributed by atoms with Gasteiger partial charge in [0.15, 0.2) is 0 Å². The van der Waals surface area contributed by atoms with Crippen molar-refractivity contribution in [3.63, 3.8) is 0 Å². The fraction of sp³-hybridized carbons (Fsp3) is 0.308. The number of hydrogen-bond donors (Lipinski definition) is 1. The average Bonchev–Trinajstić information content (AvgIpc) is 3.26. The van der Waals surface area contributed by atoms with Crippen LogP contribution in [0, 0.1) is 5.92 Å². The third kappa shape index (κ3) is 3.70. The monoisotopic (exact) mass is 413 g/mol. The molecule has 1 aliphatic rings. The molecule has 1 saturated carbocycles. The van der Waals surface area contributed by atoms with Gasteiger partial charge in [0.2, 0.25) is 5.91 Å². The Balaban J connectivity index is 1.45. The molecule has 5 nitrogen and oxygen atoms in total. The Morgan fingerprint density at radius 2 is 1.77 bits per heavy atom. The molecule has 0 unspecified atom stereocenters. The Bertz CT molecular complexity index is 1240. The molecule has 0 spiro atoms. The van der Waals surface area contributed by atoms with Crippen LogP contribution in [0.15, 0.2) is 60.7 Å². The van der Waals surface area contributed by atoms with E-state index >= 15 is 0 Å². The number of benzene rings is 3. The molecule has 1 heterocycles. The van der Waals surface area contributed by atoms with E-state index in [0.717, 1.165) is 53.5 Å². The number of rotatable bonds is 4. The third-order valence-electron chi connectivity index (χ3n) is 6.64. The lowest BCUT2D eigenvalue weighted by Crippen LogP contribution is -2.36. The maximum atomic E-state index is 13.1. The summed E-state index contributed by atoms with van der Waals surface area (Å²) in [6.45, 7) is 0. The molecule has 0 aliphatic heterocycles. The molecule has 1 N–H and O–H groups in total. The van der Waals surface area contributed by atoms with Gasteiger partial charge in [-0.1, -0.05) is 36.4 Å². The minimum absolute atomic E-state index is 0.0661. The summed E-state index contributed by atoms with van der Waals surface area (Å²) in [7, 11) is 3.63. The molecule has 3 aromatic carbocycles. The summed E-state index contributed by atoms with van der Waals surface area (Å²) in [4.78, 5) is 14.9. The van der Waals surface area contributed by atoms with Crippen molar-refractivity contribution in [2.24, 2.45) is 5.92 Å². The van der Waals surface area contributed by atoms with Crippen molar-refractivity contribution in [2.75, 3.05) is 19.1 Å². The summed E-state index contributed by atoms with van der Waals surface area (Å²) in [5, 5.41) is 11.1. The standard InChI is InChI=1S/C26H27N3O2/c1-29(26(30)18-9-12-22(31-2)13-10-18)21-11-14-24-23(16-21)25(28-27-24)20-8-7-17-5-3-4-6-19(17)15-20/h3-8,11,14-16,18,22H,9-10,12-13H2,1-2H3,(H,27,28). The Hall–Kier alpha value is -3.18. The predicted octanol–water partition coefficient (Wildman–Crippen LogP) is 5.55. The smallest absolute Gasteiger partial charge is 0.229 e. The molecule has 1 amide bonds. The first-order chi connectivity index (χ1) is 15.1. The van der Waals surface area contributed by atoms with E-state index in [2.05, 4.69) is 46.6 Å². The van der Waals surface area contributed by atoms with Gasteiger partial charge in [-0.3, -0.25) is 9.89 Å². The molecule has 1 aliphatic carbocycles. The van der Waals surface area contributed by atoms with Crippen LogP contribution in [0.1, 0.15) is 25.7 Å². The lowest BCUT2D eigenvalue weighted by atomic mass is 9.86. The number of hydrogen-bond acceptors (Lipinski definition) is 3. The van der Waals surface area contributed by atoms with E-state index in [4.69, 9.17) is 4.74 Å². The van der Waals surface area contributed by atoms with Gasteiger partial charge in [0.05, 0.1) is 17.3 Å². The summed E-state index contributed by atoms with van der Waals surface area (Å²) in [5.74, 6) is 0.251. The summed E-state index contributed by atoms with van der Waals surface area (Å²) in [5.41, 5.74) is 3.83. The molecule has 0 bridgehead atoms. The number of anilines is 1. The van der Waals surface area contributed by atoms with E-state index in [0.29, 0.717) is 6.10 Å². The first-order valence-corrected chi connectivity index (χ1v) is 10.9. The summed E-state index contributed by atoms with van der Waals surface area (Å²) < 4.78 is 5.45. The van der Waals surface area contributed by atoms with Crippen LogP contribution in [-0.2, 0) is 9.53 Å². The van der Waals surface area contributed by atoms with Crippen LogP contribution in [0.25, 0.3) is 32.9 Å². The lowest BCUT2D eigenvalue weighted by Gasteiger charge is -2.30. The van der Waals surface area contributed by atoms with Crippen LogP contribution in [-0.4, -0.2) is 36.4 Å². The van der Waals surface area contributed by atoms with E-state index in [1.807, 2.05) is 31.3 Å². The van der Waals surface area contributed by atoms with Gasteiger partial charge in [-0.2, -0.15) is 5.10 Å². The summed E-state index contributed by atoms with van der Waals surface area (Å²) in [6, 6.07) is 20.8. The first-order valence-electron chi connectivity index (χ1n) is 10.9.